The van der Waals surface area contributed by atoms with E-state index in [9.17, 15) is 13.2 Å². The summed E-state index contributed by atoms with van der Waals surface area (Å²) >= 11 is 0. The van der Waals surface area contributed by atoms with Crippen LogP contribution in [0.4, 0.5) is 5.69 Å². The van der Waals surface area contributed by atoms with Crippen molar-refractivity contribution in [1.82, 2.24) is 5.32 Å². The molecule has 0 saturated carbocycles. The average molecular weight is 437 g/mol. The zero-order valence-corrected chi connectivity index (χ0v) is 18.7. The zero-order valence-electron chi connectivity index (χ0n) is 17.8. The Balaban J connectivity index is 2.08. The van der Waals surface area contributed by atoms with E-state index in [0.29, 0.717) is 17.2 Å². The number of sulfonamides is 1. The minimum absolute atomic E-state index is 0.220. The number of nitrogens with zero attached hydrogens (tertiary/aromatic N) is 1. The average Bonchev–Trinajstić information content (AvgIpc) is 2.70. The van der Waals surface area contributed by atoms with E-state index in [0.717, 1.165) is 16.1 Å². The molecule has 0 spiro atoms. The van der Waals surface area contributed by atoms with Gasteiger partial charge in [-0.05, 0) is 38.1 Å². The molecule has 0 aliphatic rings. The van der Waals surface area contributed by atoms with Crippen molar-refractivity contribution < 1.29 is 27.4 Å². The molecule has 1 N–H and O–H groups in total. The molecule has 30 heavy (non-hydrogen) atoms. The Morgan fingerprint density at radius 3 is 2.27 bits per heavy atom. The van der Waals surface area contributed by atoms with E-state index in [2.05, 4.69) is 5.32 Å². The fourth-order valence-electron chi connectivity index (χ4n) is 2.72. The zero-order chi connectivity index (χ0) is 22.3. The summed E-state index contributed by atoms with van der Waals surface area (Å²) < 4.78 is 41.9. The Kier molecular flexibility index (Phi) is 7.93. The van der Waals surface area contributed by atoms with Gasteiger partial charge in [0.15, 0.2) is 0 Å². The fraction of sp³-hybridized carbons (Fsp3) is 0.381. The molecule has 1 amide bonds. The predicted molar refractivity (Wildman–Crippen MR) is 116 cm³/mol. The van der Waals surface area contributed by atoms with Crippen LogP contribution in [-0.4, -0.2) is 54.0 Å². The van der Waals surface area contributed by atoms with Crippen molar-refractivity contribution in [1.29, 1.82) is 0 Å². The molecule has 0 unspecified atom stereocenters. The monoisotopic (exact) mass is 436 g/mol. The number of carbonyl (C=O) groups excluding carboxylic acids is 1. The highest BCUT2D eigenvalue weighted by Gasteiger charge is 2.25. The van der Waals surface area contributed by atoms with E-state index in [1.807, 2.05) is 31.2 Å². The van der Waals surface area contributed by atoms with Gasteiger partial charge in [-0.25, -0.2) is 8.42 Å². The number of carbonyl (C=O) groups is 1. The summed E-state index contributed by atoms with van der Waals surface area (Å²) in [5, 5.41) is 2.76. The molecule has 8 nitrogen and oxygen atoms in total. The third-order valence-electron chi connectivity index (χ3n) is 4.27. The summed E-state index contributed by atoms with van der Waals surface area (Å²) in [5.74, 6) is 0.982. The molecule has 0 saturated heterocycles. The van der Waals surface area contributed by atoms with Crippen molar-refractivity contribution in [2.45, 2.75) is 19.9 Å². The Bertz CT molecular complexity index is 960. The van der Waals surface area contributed by atoms with E-state index in [4.69, 9.17) is 14.2 Å². The molecule has 0 radical (unpaired) electrons. The maximum Gasteiger partial charge on any atom is 0.241 e. The van der Waals surface area contributed by atoms with Crippen LogP contribution in [0.5, 0.6) is 17.2 Å². The summed E-state index contributed by atoms with van der Waals surface area (Å²) in [6.45, 7) is 3.61. The smallest absolute Gasteiger partial charge is 0.241 e. The highest BCUT2D eigenvalue weighted by atomic mass is 32.2. The quantitative estimate of drug-likeness (QED) is 0.615. The second-order valence-electron chi connectivity index (χ2n) is 6.90. The molecule has 2 aromatic carbocycles. The first-order chi connectivity index (χ1) is 14.1. The largest absolute Gasteiger partial charge is 0.497 e. The van der Waals surface area contributed by atoms with E-state index < -0.39 is 22.5 Å². The number of hydrogen-bond acceptors (Lipinski definition) is 6. The molecule has 0 aliphatic carbocycles. The lowest BCUT2D eigenvalue weighted by Gasteiger charge is -2.25. The van der Waals surface area contributed by atoms with Gasteiger partial charge >= 0.3 is 0 Å². The SMILES string of the molecule is COc1ccc(OC)c(N(CC(=O)N[C@H](C)COc2ccc(C)cc2)S(C)(=O)=O)c1. The molecular weight excluding hydrogens is 408 g/mol. The molecule has 2 aromatic rings. The lowest BCUT2D eigenvalue weighted by atomic mass is 10.2. The second kappa shape index (κ2) is 10.2. The predicted octanol–water partition coefficient (Wildman–Crippen LogP) is 2.36. The van der Waals surface area contributed by atoms with E-state index in [1.165, 1.54) is 20.3 Å². The van der Waals surface area contributed by atoms with Crippen molar-refractivity contribution >= 4 is 21.6 Å². The third-order valence-corrected chi connectivity index (χ3v) is 5.40. The lowest BCUT2D eigenvalue weighted by Crippen LogP contribution is -2.45. The van der Waals surface area contributed by atoms with Crippen LogP contribution < -0.4 is 23.8 Å². The Hall–Kier alpha value is -2.94. The number of ether oxygens (including phenoxy) is 3. The van der Waals surface area contributed by atoms with Gasteiger partial charge in [0.05, 0.1) is 32.2 Å². The van der Waals surface area contributed by atoms with Gasteiger partial charge in [-0.15, -0.1) is 0 Å². The maximum atomic E-state index is 12.5. The normalized spacial score (nSPS) is 12.0. The number of aryl methyl sites for hydroxylation is 1. The maximum absolute atomic E-state index is 12.5. The molecule has 0 aliphatic heterocycles. The van der Waals surface area contributed by atoms with Crippen LogP contribution in [0.1, 0.15) is 12.5 Å². The van der Waals surface area contributed by atoms with Gasteiger partial charge in [-0.3, -0.25) is 9.10 Å². The Morgan fingerprint density at radius 1 is 1.07 bits per heavy atom. The molecule has 0 fully saturated rings. The van der Waals surface area contributed by atoms with Gasteiger partial charge in [0.1, 0.15) is 30.4 Å². The summed E-state index contributed by atoms with van der Waals surface area (Å²) in [7, 11) is -0.862. The van der Waals surface area contributed by atoms with Gasteiger partial charge in [-0.1, -0.05) is 17.7 Å². The molecular formula is C21H28N2O6S. The second-order valence-corrected chi connectivity index (χ2v) is 8.81. The van der Waals surface area contributed by atoms with Gasteiger partial charge in [-0.2, -0.15) is 0 Å². The molecule has 0 bridgehead atoms. The standard InChI is InChI=1S/C21H28N2O6S/c1-15-6-8-17(9-7-15)29-14-16(2)22-21(24)13-23(30(5,25)26)19-12-18(27-3)10-11-20(19)28-4/h6-12,16H,13-14H2,1-5H3,(H,22,24)/t16-/m1/s1. The molecule has 164 valence electrons. The van der Waals surface area contributed by atoms with Gasteiger partial charge in [0.25, 0.3) is 0 Å². The highest BCUT2D eigenvalue weighted by molar-refractivity contribution is 7.92. The van der Waals surface area contributed by atoms with E-state index in [1.54, 1.807) is 19.1 Å². The summed E-state index contributed by atoms with van der Waals surface area (Å²) in [6, 6.07) is 12.0. The molecule has 0 heterocycles. The van der Waals surface area contributed by atoms with Crippen molar-refractivity contribution in [3.8, 4) is 17.2 Å². The lowest BCUT2D eigenvalue weighted by molar-refractivity contribution is -0.120. The van der Waals surface area contributed by atoms with Gasteiger partial charge in [0.2, 0.25) is 15.9 Å². The number of benzene rings is 2. The van der Waals surface area contributed by atoms with Crippen LogP contribution in [0.2, 0.25) is 0 Å². The van der Waals surface area contributed by atoms with Crippen LogP contribution in [0.25, 0.3) is 0 Å². The molecule has 1 atom stereocenters. The Labute approximate surface area is 177 Å². The summed E-state index contributed by atoms with van der Waals surface area (Å²) in [5.41, 5.74) is 1.34. The number of rotatable bonds is 10. The van der Waals surface area contributed by atoms with Crippen LogP contribution in [0.3, 0.4) is 0 Å². The molecule has 0 aromatic heterocycles. The van der Waals surface area contributed by atoms with E-state index in [-0.39, 0.29) is 18.3 Å². The van der Waals surface area contributed by atoms with Crippen molar-refractivity contribution in [2.24, 2.45) is 0 Å². The summed E-state index contributed by atoms with van der Waals surface area (Å²) in [4.78, 5) is 12.5. The first-order valence-corrected chi connectivity index (χ1v) is 11.2. The van der Waals surface area contributed by atoms with Crippen molar-refractivity contribution in [2.75, 3.05) is 37.9 Å². The molecule has 2 rings (SSSR count). The first-order valence-electron chi connectivity index (χ1n) is 9.32. The number of methoxy groups -OCH3 is 2. The number of nitrogens with one attached hydrogen (secondary N) is 1. The first kappa shape index (κ1) is 23.3. The van der Waals surface area contributed by atoms with E-state index >= 15 is 0 Å². The Morgan fingerprint density at radius 2 is 1.70 bits per heavy atom. The molecule has 9 heteroatoms. The minimum atomic E-state index is -3.76. The number of anilines is 1. The fourth-order valence-corrected chi connectivity index (χ4v) is 3.57. The van der Waals surface area contributed by atoms with Crippen molar-refractivity contribution in [3.05, 3.63) is 48.0 Å². The van der Waals surface area contributed by atoms with Crippen LogP contribution in [0, 0.1) is 6.92 Å². The van der Waals surface area contributed by atoms with Crippen LogP contribution >= 0.6 is 0 Å². The third kappa shape index (κ3) is 6.55. The van der Waals surface area contributed by atoms with Gasteiger partial charge in [0, 0.05) is 6.07 Å². The number of hydrogen-bond donors (Lipinski definition) is 1. The van der Waals surface area contributed by atoms with Crippen LogP contribution in [0.15, 0.2) is 42.5 Å². The summed E-state index contributed by atoms with van der Waals surface area (Å²) in [6.07, 6.45) is 1.03. The van der Waals surface area contributed by atoms with Gasteiger partial charge < -0.3 is 19.5 Å². The minimum Gasteiger partial charge on any atom is -0.497 e. The highest BCUT2D eigenvalue weighted by Crippen LogP contribution is 2.33. The van der Waals surface area contributed by atoms with Crippen molar-refractivity contribution in [3.63, 3.8) is 0 Å². The van der Waals surface area contributed by atoms with Crippen LogP contribution in [-0.2, 0) is 14.8 Å². The number of amides is 1. The topological polar surface area (TPSA) is 94.2 Å².